The smallest absolute Gasteiger partial charge is 0.0670 e. The van der Waals surface area contributed by atoms with Gasteiger partial charge in [-0.3, -0.25) is 4.90 Å². The van der Waals surface area contributed by atoms with Crippen molar-refractivity contribution < 1.29 is 0 Å². The molecular formula is C23H21Cl3N2. The van der Waals surface area contributed by atoms with Gasteiger partial charge in [-0.25, -0.2) is 0 Å². The Kier molecular flexibility index (Phi) is 6.13. The first kappa shape index (κ1) is 19.6. The summed E-state index contributed by atoms with van der Waals surface area (Å²) in [6, 6.07) is 24.6. The molecule has 0 N–H and O–H groups in total. The fourth-order valence-electron chi connectivity index (χ4n) is 3.80. The van der Waals surface area contributed by atoms with Gasteiger partial charge in [0.15, 0.2) is 0 Å². The summed E-state index contributed by atoms with van der Waals surface area (Å²) in [6.45, 7) is 3.71. The average Bonchev–Trinajstić information content (AvgIpc) is 2.70. The Hall–Kier alpha value is -1.71. The van der Waals surface area contributed by atoms with Crippen LogP contribution < -0.4 is 4.90 Å². The molecule has 1 unspecified atom stereocenters. The lowest BCUT2D eigenvalue weighted by molar-refractivity contribution is 0.215. The minimum Gasteiger partial charge on any atom is -0.361 e. The van der Waals surface area contributed by atoms with Crippen LogP contribution >= 0.6 is 34.8 Å². The summed E-state index contributed by atoms with van der Waals surface area (Å²) in [5.41, 5.74) is 3.58. The molecule has 2 nitrogen and oxygen atoms in total. The molecule has 0 aromatic heterocycles. The van der Waals surface area contributed by atoms with E-state index >= 15 is 0 Å². The number of rotatable bonds is 4. The van der Waals surface area contributed by atoms with Crippen molar-refractivity contribution in [2.75, 3.05) is 24.5 Å². The maximum Gasteiger partial charge on any atom is 0.0670 e. The van der Waals surface area contributed by atoms with Gasteiger partial charge in [-0.1, -0.05) is 77.3 Å². The topological polar surface area (TPSA) is 6.48 Å². The van der Waals surface area contributed by atoms with Crippen molar-refractivity contribution >= 4 is 40.5 Å². The largest absolute Gasteiger partial charge is 0.361 e. The molecule has 1 heterocycles. The van der Waals surface area contributed by atoms with E-state index in [2.05, 4.69) is 52.3 Å². The summed E-state index contributed by atoms with van der Waals surface area (Å²) in [4.78, 5) is 4.87. The molecular weight excluding hydrogens is 411 g/mol. The first-order chi connectivity index (χ1) is 13.6. The Morgan fingerprint density at radius 3 is 2.21 bits per heavy atom. The molecule has 0 spiro atoms. The maximum atomic E-state index is 6.55. The Morgan fingerprint density at radius 2 is 1.50 bits per heavy atom. The molecule has 1 aliphatic heterocycles. The summed E-state index contributed by atoms with van der Waals surface area (Å²) >= 11 is 18.8. The van der Waals surface area contributed by atoms with Crippen LogP contribution in [0.15, 0.2) is 72.8 Å². The molecule has 0 aliphatic carbocycles. The van der Waals surface area contributed by atoms with E-state index < -0.39 is 0 Å². The molecule has 5 heteroatoms. The number of hydrogen-bond acceptors (Lipinski definition) is 2. The van der Waals surface area contributed by atoms with Gasteiger partial charge in [-0.05, 0) is 41.5 Å². The zero-order valence-corrected chi connectivity index (χ0v) is 17.6. The third-order valence-corrected chi connectivity index (χ3v) is 5.98. The zero-order valence-electron chi connectivity index (χ0n) is 15.4. The van der Waals surface area contributed by atoms with Crippen LogP contribution in [0.3, 0.4) is 0 Å². The molecule has 0 bridgehead atoms. The van der Waals surface area contributed by atoms with Crippen LogP contribution in [0.5, 0.6) is 0 Å². The normalized spacial score (nSPS) is 17.7. The van der Waals surface area contributed by atoms with Gasteiger partial charge < -0.3 is 4.90 Å². The Balaban J connectivity index is 1.63. The summed E-state index contributed by atoms with van der Waals surface area (Å²) in [6.07, 6.45) is 0. The summed E-state index contributed by atoms with van der Waals surface area (Å²) in [5.74, 6) is 0. The quantitative estimate of drug-likeness (QED) is 0.453. The van der Waals surface area contributed by atoms with Crippen LogP contribution in [0, 0.1) is 0 Å². The van der Waals surface area contributed by atoms with Gasteiger partial charge in [0.25, 0.3) is 0 Å². The van der Waals surface area contributed by atoms with Crippen molar-refractivity contribution in [1.29, 1.82) is 0 Å². The molecule has 0 radical (unpaired) electrons. The van der Waals surface area contributed by atoms with Crippen LogP contribution in [0.2, 0.25) is 15.1 Å². The number of nitrogens with zero attached hydrogens (tertiary/aromatic N) is 2. The summed E-state index contributed by atoms with van der Waals surface area (Å²) in [7, 11) is 0. The second-order valence-corrected chi connectivity index (χ2v) is 8.36. The van der Waals surface area contributed by atoms with E-state index in [9.17, 15) is 0 Å². The van der Waals surface area contributed by atoms with E-state index in [1.165, 1.54) is 11.1 Å². The lowest BCUT2D eigenvalue weighted by Gasteiger charge is -2.43. The molecule has 28 heavy (non-hydrogen) atoms. The van der Waals surface area contributed by atoms with Crippen LogP contribution in [0.25, 0.3) is 0 Å². The maximum absolute atomic E-state index is 6.55. The van der Waals surface area contributed by atoms with Gasteiger partial charge in [0.1, 0.15) is 0 Å². The number of benzene rings is 3. The minimum atomic E-state index is 0.188. The van der Waals surface area contributed by atoms with Crippen LogP contribution in [-0.4, -0.2) is 24.5 Å². The first-order valence-corrected chi connectivity index (χ1v) is 10.5. The van der Waals surface area contributed by atoms with Gasteiger partial charge >= 0.3 is 0 Å². The SMILES string of the molecule is Clc1ccc(C2CN(Cc3ccccc3)CCN2c2ccc(Cl)cc2Cl)cc1. The van der Waals surface area contributed by atoms with Crippen LogP contribution in [0.1, 0.15) is 17.2 Å². The highest BCUT2D eigenvalue weighted by atomic mass is 35.5. The molecule has 1 saturated heterocycles. The third kappa shape index (κ3) is 4.47. The molecule has 0 amide bonds. The Bertz CT molecular complexity index is 928. The Morgan fingerprint density at radius 1 is 0.786 bits per heavy atom. The van der Waals surface area contributed by atoms with Crippen molar-refractivity contribution in [3.8, 4) is 0 Å². The highest BCUT2D eigenvalue weighted by Gasteiger charge is 2.29. The minimum absolute atomic E-state index is 0.188. The lowest BCUT2D eigenvalue weighted by Crippen LogP contribution is -2.48. The van der Waals surface area contributed by atoms with E-state index in [-0.39, 0.29) is 6.04 Å². The molecule has 1 aliphatic rings. The summed E-state index contributed by atoms with van der Waals surface area (Å²) in [5, 5.41) is 2.08. The van der Waals surface area contributed by atoms with E-state index in [0.29, 0.717) is 10.0 Å². The fraction of sp³-hybridized carbons (Fsp3) is 0.217. The van der Waals surface area contributed by atoms with Crippen molar-refractivity contribution in [3.05, 3.63) is 99.0 Å². The number of piperazine rings is 1. The number of anilines is 1. The van der Waals surface area contributed by atoms with Gasteiger partial charge in [-0.15, -0.1) is 0 Å². The van der Waals surface area contributed by atoms with Crippen LogP contribution in [0.4, 0.5) is 5.69 Å². The molecule has 0 saturated carbocycles. The lowest BCUT2D eigenvalue weighted by atomic mass is 10.0. The molecule has 144 valence electrons. The third-order valence-electron chi connectivity index (χ3n) is 5.19. The zero-order chi connectivity index (χ0) is 19.5. The van der Waals surface area contributed by atoms with Crippen molar-refractivity contribution in [2.24, 2.45) is 0 Å². The highest BCUT2D eigenvalue weighted by molar-refractivity contribution is 6.36. The second kappa shape index (κ2) is 8.75. The van der Waals surface area contributed by atoms with Gasteiger partial charge in [-0.2, -0.15) is 0 Å². The van der Waals surface area contributed by atoms with Crippen molar-refractivity contribution in [3.63, 3.8) is 0 Å². The van der Waals surface area contributed by atoms with Gasteiger partial charge in [0, 0.05) is 36.2 Å². The van der Waals surface area contributed by atoms with E-state index in [4.69, 9.17) is 34.8 Å². The predicted octanol–water partition coefficient (Wildman–Crippen LogP) is 6.71. The highest BCUT2D eigenvalue weighted by Crippen LogP contribution is 2.37. The van der Waals surface area contributed by atoms with Crippen molar-refractivity contribution in [2.45, 2.75) is 12.6 Å². The monoisotopic (exact) mass is 430 g/mol. The molecule has 3 aromatic carbocycles. The van der Waals surface area contributed by atoms with E-state index in [0.717, 1.165) is 36.9 Å². The number of halogens is 3. The fourth-order valence-corrected chi connectivity index (χ4v) is 4.44. The number of hydrogen-bond donors (Lipinski definition) is 0. The predicted molar refractivity (Wildman–Crippen MR) is 120 cm³/mol. The molecule has 3 aromatic rings. The van der Waals surface area contributed by atoms with Crippen molar-refractivity contribution in [1.82, 2.24) is 4.90 Å². The average molecular weight is 432 g/mol. The van der Waals surface area contributed by atoms with E-state index in [1.54, 1.807) is 0 Å². The molecule has 1 fully saturated rings. The first-order valence-electron chi connectivity index (χ1n) is 9.33. The Labute approximate surface area is 181 Å². The van der Waals surface area contributed by atoms with Crippen LogP contribution in [-0.2, 0) is 6.54 Å². The van der Waals surface area contributed by atoms with Gasteiger partial charge in [0.2, 0.25) is 0 Å². The standard InChI is InChI=1S/C23H21Cl3N2/c24-19-8-6-18(7-9-19)23-16-27(15-17-4-2-1-3-5-17)12-13-28(23)22-11-10-20(25)14-21(22)26/h1-11,14,23H,12-13,15-16H2. The van der Waals surface area contributed by atoms with Gasteiger partial charge in [0.05, 0.1) is 16.8 Å². The molecule has 1 atom stereocenters. The molecule has 4 rings (SSSR count). The second-order valence-electron chi connectivity index (χ2n) is 7.08. The summed E-state index contributed by atoms with van der Waals surface area (Å²) < 4.78 is 0. The van der Waals surface area contributed by atoms with E-state index in [1.807, 2.05) is 30.3 Å².